The molecule has 0 saturated carbocycles. The highest BCUT2D eigenvalue weighted by Gasteiger charge is 2.36. The molecule has 0 radical (unpaired) electrons. The van der Waals surface area contributed by atoms with Crippen molar-refractivity contribution in [2.75, 3.05) is 13.2 Å². The van der Waals surface area contributed by atoms with E-state index < -0.39 is 32.5 Å². The van der Waals surface area contributed by atoms with Gasteiger partial charge in [0.1, 0.15) is 6.61 Å². The van der Waals surface area contributed by atoms with Crippen molar-refractivity contribution in [1.82, 2.24) is 0 Å². The van der Waals surface area contributed by atoms with Gasteiger partial charge in [-0.3, -0.25) is 14.1 Å². The summed E-state index contributed by atoms with van der Waals surface area (Å²) in [5.41, 5.74) is 0. The molecule has 0 amide bonds. The first kappa shape index (κ1) is 48.7. The van der Waals surface area contributed by atoms with Gasteiger partial charge in [0.15, 0.2) is 6.10 Å². The highest BCUT2D eigenvalue weighted by molar-refractivity contribution is 7.46. The van der Waals surface area contributed by atoms with Gasteiger partial charge in [0.25, 0.3) is 0 Å². The Kier molecular flexibility index (Phi) is 31.5. The Bertz CT molecular complexity index is 1110. The molecule has 1 rings (SSSR count). The molecule has 1 heterocycles. The number of hydrogen-bond acceptors (Lipinski definition) is 7. The second-order valence-electron chi connectivity index (χ2n) is 14.0. The molecular formula is C43H73O9P. The van der Waals surface area contributed by atoms with E-state index in [1.54, 1.807) is 0 Å². The zero-order chi connectivity index (χ0) is 38.7. The number of phosphoric acid groups is 1. The summed E-state index contributed by atoms with van der Waals surface area (Å²) in [4.78, 5) is 42.9. The first-order valence-electron chi connectivity index (χ1n) is 20.7. The molecule has 304 valence electrons. The maximum Gasteiger partial charge on any atom is 0.469 e. The van der Waals surface area contributed by atoms with Crippen LogP contribution in [0.4, 0.5) is 0 Å². The number of allylic oxidation sites excluding steroid dienone is 8. The van der Waals surface area contributed by atoms with Crippen molar-refractivity contribution in [2.24, 2.45) is 0 Å². The third-order valence-corrected chi connectivity index (χ3v) is 9.40. The number of carbonyl (C=O) groups excluding carboxylic acids is 2. The minimum atomic E-state index is -4.78. The van der Waals surface area contributed by atoms with E-state index in [9.17, 15) is 14.2 Å². The second kappa shape index (κ2) is 34.2. The van der Waals surface area contributed by atoms with E-state index in [1.165, 1.54) is 64.2 Å². The lowest BCUT2D eigenvalue weighted by Crippen LogP contribution is -2.29. The Morgan fingerprint density at radius 1 is 0.585 bits per heavy atom. The number of phosphoric ester groups is 1. The number of rotatable bonds is 36. The zero-order valence-corrected chi connectivity index (χ0v) is 34.0. The third-order valence-electron chi connectivity index (χ3n) is 8.91. The molecule has 2 unspecified atom stereocenters. The van der Waals surface area contributed by atoms with Crippen molar-refractivity contribution >= 4 is 19.8 Å². The number of carbonyl (C=O) groups is 2. The molecule has 0 spiro atoms. The van der Waals surface area contributed by atoms with Gasteiger partial charge in [-0.15, -0.1) is 0 Å². The monoisotopic (exact) mass is 764 g/mol. The standard InChI is InChI=1S/C43H73O9P/c1-3-5-7-9-11-13-14-15-16-17-18-19-20-22-24-26-31-35-42(44)49-37-39(38-50-53(46,47)48)51-43(45)36-32-28-27-30-34-41-40(52-41)33-29-25-23-21-12-10-8-6-4-2/h11-13,15-16,21,25,27,29-30,39-41H,3-10,14,17-20,22-24,26,28,31-38H2,1-2H3,(H2,46,47,48)/b13-11-,16-15-,21-12-,29-25-,30-27-/t39-,40?,41?/m1/s1. The topological polar surface area (TPSA) is 132 Å². The lowest BCUT2D eigenvalue weighted by atomic mass is 10.1. The van der Waals surface area contributed by atoms with Crippen molar-refractivity contribution < 1.29 is 42.7 Å². The van der Waals surface area contributed by atoms with Crippen LogP contribution in [0, 0.1) is 0 Å². The predicted octanol–water partition coefficient (Wildman–Crippen LogP) is 11.5. The van der Waals surface area contributed by atoms with Crippen LogP contribution in [-0.2, 0) is 32.9 Å². The number of unbranched alkanes of at least 4 members (excludes halogenated alkanes) is 14. The molecule has 2 N–H and O–H groups in total. The maximum absolute atomic E-state index is 12.4. The van der Waals surface area contributed by atoms with Crippen LogP contribution in [0.2, 0.25) is 0 Å². The van der Waals surface area contributed by atoms with E-state index in [1.807, 2.05) is 6.08 Å². The quantitative estimate of drug-likeness (QED) is 0.0210. The molecule has 0 aromatic rings. The normalized spacial score (nSPS) is 16.9. The Morgan fingerprint density at radius 3 is 1.60 bits per heavy atom. The Balaban J connectivity index is 2.13. The summed E-state index contributed by atoms with van der Waals surface area (Å²) in [6.45, 7) is 3.56. The summed E-state index contributed by atoms with van der Waals surface area (Å²) in [5.74, 6) is -0.971. The molecule has 0 bridgehead atoms. The lowest BCUT2D eigenvalue weighted by Gasteiger charge is -2.18. The molecule has 0 aliphatic carbocycles. The SMILES string of the molecule is CCCCC/C=C\C/C=C\CCCCCCCCCC(=O)OC[C@H](COP(=O)(O)O)OC(=O)CCC/C=C\CC1OC1C/C=C\C/C=C\CCCCC. The lowest BCUT2D eigenvalue weighted by molar-refractivity contribution is -0.161. The van der Waals surface area contributed by atoms with Crippen molar-refractivity contribution in [3.8, 4) is 0 Å². The Hall–Kier alpha value is -2.29. The molecule has 1 aliphatic heterocycles. The van der Waals surface area contributed by atoms with Gasteiger partial charge in [-0.25, -0.2) is 4.57 Å². The highest BCUT2D eigenvalue weighted by atomic mass is 31.2. The number of epoxide rings is 1. The van der Waals surface area contributed by atoms with Crippen LogP contribution in [0.1, 0.15) is 168 Å². The average molecular weight is 765 g/mol. The van der Waals surface area contributed by atoms with Crippen LogP contribution < -0.4 is 0 Å². The summed E-state index contributed by atoms with van der Waals surface area (Å²) in [7, 11) is -4.78. The maximum atomic E-state index is 12.4. The van der Waals surface area contributed by atoms with Crippen molar-refractivity contribution in [3.63, 3.8) is 0 Å². The molecule has 53 heavy (non-hydrogen) atoms. The van der Waals surface area contributed by atoms with Gasteiger partial charge >= 0.3 is 19.8 Å². The smallest absolute Gasteiger partial charge is 0.462 e. The number of esters is 2. The average Bonchev–Trinajstić information content (AvgIpc) is 3.88. The minimum Gasteiger partial charge on any atom is -0.462 e. The fraction of sp³-hybridized carbons (Fsp3) is 0.721. The van der Waals surface area contributed by atoms with Gasteiger partial charge in [0.2, 0.25) is 0 Å². The van der Waals surface area contributed by atoms with Crippen LogP contribution in [0.5, 0.6) is 0 Å². The fourth-order valence-electron chi connectivity index (χ4n) is 5.67. The number of ether oxygens (including phenoxy) is 3. The van der Waals surface area contributed by atoms with E-state index in [0.717, 1.165) is 57.8 Å². The Labute approximate surface area is 322 Å². The molecule has 0 aromatic heterocycles. The van der Waals surface area contributed by atoms with Crippen LogP contribution in [0.3, 0.4) is 0 Å². The van der Waals surface area contributed by atoms with Gasteiger partial charge < -0.3 is 24.0 Å². The Morgan fingerprint density at radius 2 is 1.04 bits per heavy atom. The van der Waals surface area contributed by atoms with Crippen molar-refractivity contribution in [3.05, 3.63) is 60.8 Å². The van der Waals surface area contributed by atoms with Crippen LogP contribution in [0.25, 0.3) is 0 Å². The van der Waals surface area contributed by atoms with E-state index >= 15 is 0 Å². The van der Waals surface area contributed by atoms with Gasteiger partial charge in [-0.05, 0) is 83.5 Å². The molecule has 1 saturated heterocycles. The molecule has 1 fully saturated rings. The minimum absolute atomic E-state index is 0.124. The summed E-state index contributed by atoms with van der Waals surface area (Å²) >= 11 is 0. The second-order valence-corrected chi connectivity index (χ2v) is 15.2. The molecule has 10 heteroatoms. The molecule has 9 nitrogen and oxygen atoms in total. The highest BCUT2D eigenvalue weighted by Crippen LogP contribution is 2.36. The predicted molar refractivity (Wildman–Crippen MR) is 215 cm³/mol. The molecular weight excluding hydrogens is 691 g/mol. The van der Waals surface area contributed by atoms with Crippen molar-refractivity contribution in [2.45, 2.75) is 186 Å². The van der Waals surface area contributed by atoms with Crippen LogP contribution >= 0.6 is 7.82 Å². The van der Waals surface area contributed by atoms with Gasteiger partial charge in [0, 0.05) is 12.8 Å². The van der Waals surface area contributed by atoms with E-state index in [0.29, 0.717) is 19.3 Å². The fourth-order valence-corrected chi connectivity index (χ4v) is 6.03. The summed E-state index contributed by atoms with van der Waals surface area (Å²) in [6.07, 6.45) is 45.4. The summed E-state index contributed by atoms with van der Waals surface area (Å²) < 4.78 is 32.1. The summed E-state index contributed by atoms with van der Waals surface area (Å²) in [6, 6.07) is 0. The zero-order valence-electron chi connectivity index (χ0n) is 33.1. The third kappa shape index (κ3) is 34.0. The van der Waals surface area contributed by atoms with E-state index in [2.05, 4.69) is 73.1 Å². The van der Waals surface area contributed by atoms with Crippen molar-refractivity contribution in [1.29, 1.82) is 0 Å². The van der Waals surface area contributed by atoms with Gasteiger partial charge in [-0.1, -0.05) is 132 Å². The first-order valence-corrected chi connectivity index (χ1v) is 22.2. The van der Waals surface area contributed by atoms with E-state index in [-0.39, 0.29) is 31.7 Å². The first-order chi connectivity index (χ1) is 25.7. The molecule has 1 aliphatic rings. The van der Waals surface area contributed by atoms with Crippen LogP contribution in [0.15, 0.2) is 60.8 Å². The van der Waals surface area contributed by atoms with Crippen LogP contribution in [-0.4, -0.2) is 53.3 Å². The largest absolute Gasteiger partial charge is 0.469 e. The van der Waals surface area contributed by atoms with Gasteiger partial charge in [0.05, 0.1) is 18.8 Å². The molecule has 3 atom stereocenters. The van der Waals surface area contributed by atoms with Gasteiger partial charge in [-0.2, -0.15) is 0 Å². The molecule has 0 aromatic carbocycles. The van der Waals surface area contributed by atoms with E-state index in [4.69, 9.17) is 24.0 Å². The summed E-state index contributed by atoms with van der Waals surface area (Å²) in [5, 5.41) is 0. The number of hydrogen-bond donors (Lipinski definition) is 2.